The normalized spacial score (nSPS) is 19.9. The van der Waals surface area contributed by atoms with Gasteiger partial charge in [0.1, 0.15) is 6.33 Å². The number of carbonyl (C=O) groups excluding carboxylic acids is 1. The molecule has 1 fully saturated rings. The molecule has 0 radical (unpaired) electrons. The minimum Gasteiger partial charge on any atom is -0.465 e. The summed E-state index contributed by atoms with van der Waals surface area (Å²) < 4.78 is 68.9. The molecule has 0 bridgehead atoms. The van der Waals surface area contributed by atoms with Crippen LogP contribution in [-0.2, 0) is 4.79 Å². The summed E-state index contributed by atoms with van der Waals surface area (Å²) in [6, 6.07) is 0.486. The summed E-state index contributed by atoms with van der Waals surface area (Å²) in [6.07, 6.45) is -7.34. The largest absolute Gasteiger partial charge is 0.465 e. The number of hydrogen-bond acceptors (Lipinski definition) is 5. The van der Waals surface area contributed by atoms with E-state index in [9.17, 15) is 31.9 Å². The Morgan fingerprint density at radius 3 is 2.41 bits per heavy atom. The van der Waals surface area contributed by atoms with Gasteiger partial charge in [0, 0.05) is 18.9 Å². The van der Waals surface area contributed by atoms with E-state index in [2.05, 4.69) is 15.3 Å². The van der Waals surface area contributed by atoms with E-state index in [-0.39, 0.29) is 17.5 Å². The Labute approximate surface area is 164 Å². The zero-order valence-corrected chi connectivity index (χ0v) is 16.3. The number of hydrogen-bond donors (Lipinski definition) is 2. The molecule has 1 aromatic heterocycles. The molecular weight excluding hydrogens is 401 g/mol. The van der Waals surface area contributed by atoms with Crippen molar-refractivity contribution in [2.45, 2.75) is 76.3 Å². The highest BCUT2D eigenvalue weighted by molar-refractivity contribution is 5.77. The van der Waals surface area contributed by atoms with Gasteiger partial charge in [-0.05, 0) is 19.3 Å². The molecular formula is C18H24F5N3O3. The van der Waals surface area contributed by atoms with Gasteiger partial charge in [0.2, 0.25) is 11.8 Å². The number of carbonyl (C=O) groups is 1. The summed E-state index contributed by atoms with van der Waals surface area (Å²) >= 11 is 0. The first-order valence-corrected chi connectivity index (χ1v) is 9.14. The average molecular weight is 425 g/mol. The first-order valence-electron chi connectivity index (χ1n) is 9.14. The standard InChI is InChI=1S/C18H24F5N3O3/c1-10(2)4-13(26-14(27)6-16(28)7-17(19,20)8-16)12-5-15(25-9-24-12)29-11(3)18(21,22)23/h5,9-11,13,28H,4,6-8H2,1-3H3,(H,26,27)/t11-,13?/m1/s1. The minimum absolute atomic E-state index is 0.0739. The highest BCUT2D eigenvalue weighted by Crippen LogP contribution is 2.47. The maximum absolute atomic E-state index is 13.0. The van der Waals surface area contributed by atoms with Crippen molar-refractivity contribution in [1.82, 2.24) is 15.3 Å². The molecule has 1 saturated carbocycles. The predicted molar refractivity (Wildman–Crippen MR) is 92.3 cm³/mol. The first kappa shape index (κ1) is 23.2. The van der Waals surface area contributed by atoms with Crippen LogP contribution in [0.5, 0.6) is 5.88 Å². The van der Waals surface area contributed by atoms with Crippen LogP contribution in [0.2, 0.25) is 0 Å². The predicted octanol–water partition coefficient (Wildman–Crippen LogP) is 3.56. The number of halogens is 5. The molecule has 2 atom stereocenters. The van der Waals surface area contributed by atoms with Crippen LogP contribution in [-0.4, -0.2) is 44.8 Å². The lowest BCUT2D eigenvalue weighted by molar-refractivity contribution is -0.207. The number of nitrogens with zero attached hydrogens (tertiary/aromatic N) is 2. The van der Waals surface area contributed by atoms with Crippen LogP contribution in [0, 0.1) is 5.92 Å². The van der Waals surface area contributed by atoms with E-state index in [1.54, 1.807) is 0 Å². The number of ether oxygens (including phenoxy) is 1. The summed E-state index contributed by atoms with van der Waals surface area (Å²) in [7, 11) is 0. The second kappa shape index (κ2) is 8.37. The molecule has 0 saturated heterocycles. The van der Waals surface area contributed by atoms with E-state index in [1.807, 2.05) is 13.8 Å². The highest BCUT2D eigenvalue weighted by Gasteiger charge is 2.56. The summed E-state index contributed by atoms with van der Waals surface area (Å²) in [4.78, 5) is 19.9. The van der Waals surface area contributed by atoms with E-state index in [0.717, 1.165) is 13.3 Å². The number of rotatable bonds is 8. The van der Waals surface area contributed by atoms with E-state index in [0.29, 0.717) is 6.42 Å². The Morgan fingerprint density at radius 1 is 1.28 bits per heavy atom. The van der Waals surface area contributed by atoms with Crippen LogP contribution < -0.4 is 10.1 Å². The molecule has 1 unspecified atom stereocenters. The molecule has 1 aliphatic rings. The molecule has 2 rings (SSSR count). The third-order valence-corrected chi connectivity index (χ3v) is 4.49. The average Bonchev–Trinajstić information content (AvgIpc) is 2.50. The van der Waals surface area contributed by atoms with Gasteiger partial charge in [-0.15, -0.1) is 0 Å². The topological polar surface area (TPSA) is 84.3 Å². The monoisotopic (exact) mass is 425 g/mol. The van der Waals surface area contributed by atoms with Crippen LogP contribution >= 0.6 is 0 Å². The fraction of sp³-hybridized carbons (Fsp3) is 0.722. The van der Waals surface area contributed by atoms with Gasteiger partial charge < -0.3 is 15.2 Å². The lowest BCUT2D eigenvalue weighted by Gasteiger charge is -2.42. The molecule has 0 spiro atoms. The van der Waals surface area contributed by atoms with Crippen molar-refractivity contribution in [2.75, 3.05) is 0 Å². The lowest BCUT2D eigenvalue weighted by Crippen LogP contribution is -2.54. The maximum Gasteiger partial charge on any atom is 0.425 e. The molecule has 1 aromatic rings. The van der Waals surface area contributed by atoms with Gasteiger partial charge in [-0.2, -0.15) is 13.2 Å². The zero-order chi connectivity index (χ0) is 22.0. The molecule has 0 aromatic carbocycles. The Morgan fingerprint density at radius 2 is 1.90 bits per heavy atom. The van der Waals surface area contributed by atoms with Crippen LogP contribution in [0.15, 0.2) is 12.4 Å². The molecule has 1 heterocycles. The Balaban J connectivity index is 2.09. The Bertz CT molecular complexity index is 719. The van der Waals surface area contributed by atoms with Crippen molar-refractivity contribution < 1.29 is 36.6 Å². The number of aromatic nitrogens is 2. The second-order valence-electron chi connectivity index (χ2n) is 7.94. The van der Waals surface area contributed by atoms with Crippen LogP contribution in [0.3, 0.4) is 0 Å². The second-order valence-corrected chi connectivity index (χ2v) is 7.94. The lowest BCUT2D eigenvalue weighted by atomic mass is 9.74. The quantitative estimate of drug-likeness (QED) is 0.623. The summed E-state index contributed by atoms with van der Waals surface area (Å²) in [5.74, 6) is -3.87. The molecule has 11 heteroatoms. The van der Waals surface area contributed by atoms with Crippen molar-refractivity contribution in [3.8, 4) is 5.88 Å². The Hall–Kier alpha value is -2.04. The van der Waals surface area contributed by atoms with E-state index in [1.165, 1.54) is 6.07 Å². The highest BCUT2D eigenvalue weighted by atomic mass is 19.4. The van der Waals surface area contributed by atoms with Crippen molar-refractivity contribution >= 4 is 5.91 Å². The Kier molecular flexibility index (Phi) is 6.71. The van der Waals surface area contributed by atoms with Gasteiger partial charge in [0.05, 0.1) is 23.8 Å². The molecule has 2 N–H and O–H groups in total. The SMILES string of the molecule is CC(C)CC(NC(=O)CC1(O)CC(F)(F)C1)c1cc(O[C@H](C)C(F)(F)F)ncn1. The number of aliphatic hydroxyl groups is 1. The van der Waals surface area contributed by atoms with E-state index in [4.69, 9.17) is 4.74 Å². The molecule has 0 aliphatic heterocycles. The fourth-order valence-electron chi connectivity index (χ4n) is 3.16. The van der Waals surface area contributed by atoms with Gasteiger partial charge in [-0.25, -0.2) is 18.7 Å². The van der Waals surface area contributed by atoms with Gasteiger partial charge in [-0.1, -0.05) is 13.8 Å². The van der Waals surface area contributed by atoms with Gasteiger partial charge in [0.15, 0.2) is 6.10 Å². The van der Waals surface area contributed by atoms with Gasteiger partial charge in [-0.3, -0.25) is 4.79 Å². The van der Waals surface area contributed by atoms with Crippen LogP contribution in [0.1, 0.15) is 58.2 Å². The third kappa shape index (κ3) is 6.76. The van der Waals surface area contributed by atoms with Crippen LogP contribution in [0.4, 0.5) is 22.0 Å². The molecule has 1 aliphatic carbocycles. The van der Waals surface area contributed by atoms with E-state index < -0.39 is 55.0 Å². The van der Waals surface area contributed by atoms with Crippen molar-refractivity contribution in [2.24, 2.45) is 5.92 Å². The first-order chi connectivity index (χ1) is 13.2. The van der Waals surface area contributed by atoms with Crippen molar-refractivity contribution in [1.29, 1.82) is 0 Å². The molecule has 29 heavy (non-hydrogen) atoms. The summed E-state index contributed by atoms with van der Waals surface area (Å²) in [6.45, 7) is 4.57. The van der Waals surface area contributed by atoms with Crippen molar-refractivity contribution in [3.63, 3.8) is 0 Å². The summed E-state index contributed by atoms with van der Waals surface area (Å²) in [5, 5.41) is 12.6. The number of nitrogens with one attached hydrogen (secondary N) is 1. The third-order valence-electron chi connectivity index (χ3n) is 4.49. The van der Waals surface area contributed by atoms with Gasteiger partial charge in [0.25, 0.3) is 5.92 Å². The van der Waals surface area contributed by atoms with Crippen LogP contribution in [0.25, 0.3) is 0 Å². The molecule has 164 valence electrons. The van der Waals surface area contributed by atoms with Gasteiger partial charge >= 0.3 is 6.18 Å². The number of alkyl halides is 5. The smallest absolute Gasteiger partial charge is 0.425 e. The van der Waals surface area contributed by atoms with Crippen molar-refractivity contribution in [3.05, 3.63) is 18.1 Å². The van der Waals surface area contributed by atoms with E-state index >= 15 is 0 Å². The maximum atomic E-state index is 13.0. The molecule has 6 nitrogen and oxygen atoms in total. The summed E-state index contributed by atoms with van der Waals surface area (Å²) in [5.41, 5.74) is -1.55. The molecule has 1 amide bonds. The fourth-order valence-corrected chi connectivity index (χ4v) is 3.16. The zero-order valence-electron chi connectivity index (χ0n) is 16.3. The minimum atomic E-state index is -4.57. The number of amides is 1.